The lowest BCUT2D eigenvalue weighted by atomic mass is 9.93. The standard InChI is InChI=1S/C21H30N6O2S/c1-2-11-30-21-22-13-16(14-23-21)15-26-5-3-17(4-6-26)18-12-19(28)25-20(24-18)27-7-9-29-10-8-27/h12-14,17H,2-11,15H2,1H3,(H,24,25,28). The summed E-state index contributed by atoms with van der Waals surface area (Å²) in [6.07, 6.45) is 7.03. The number of hydrogen-bond donors (Lipinski definition) is 1. The quantitative estimate of drug-likeness (QED) is 0.529. The van der Waals surface area contributed by atoms with Crippen LogP contribution >= 0.6 is 11.8 Å². The Bertz CT molecular complexity index is 861. The van der Waals surface area contributed by atoms with Gasteiger partial charge in [0.2, 0.25) is 5.95 Å². The lowest BCUT2D eigenvalue weighted by molar-refractivity contribution is 0.122. The van der Waals surface area contributed by atoms with Gasteiger partial charge in [0.05, 0.1) is 18.9 Å². The van der Waals surface area contributed by atoms with Gasteiger partial charge in [0.1, 0.15) is 0 Å². The fourth-order valence-electron chi connectivity index (χ4n) is 3.93. The highest BCUT2D eigenvalue weighted by atomic mass is 32.2. The Balaban J connectivity index is 1.33. The first-order chi connectivity index (χ1) is 14.7. The first kappa shape index (κ1) is 21.3. The summed E-state index contributed by atoms with van der Waals surface area (Å²) in [7, 11) is 0. The number of rotatable bonds is 7. The van der Waals surface area contributed by atoms with Crippen LogP contribution in [0.4, 0.5) is 5.95 Å². The molecule has 2 aromatic rings. The minimum atomic E-state index is -0.0675. The number of nitrogens with zero attached hydrogens (tertiary/aromatic N) is 5. The molecule has 8 nitrogen and oxygen atoms in total. The fraction of sp³-hybridized carbons (Fsp3) is 0.619. The first-order valence-electron chi connectivity index (χ1n) is 10.8. The van der Waals surface area contributed by atoms with Crippen LogP contribution in [-0.4, -0.2) is 70.0 Å². The third kappa shape index (κ3) is 5.59. The molecule has 0 unspecified atom stereocenters. The molecule has 2 aromatic heterocycles. The van der Waals surface area contributed by atoms with Gasteiger partial charge in [-0.25, -0.2) is 15.0 Å². The smallest absolute Gasteiger partial charge is 0.252 e. The minimum Gasteiger partial charge on any atom is -0.378 e. The van der Waals surface area contributed by atoms with Crippen LogP contribution in [0.2, 0.25) is 0 Å². The summed E-state index contributed by atoms with van der Waals surface area (Å²) in [5.74, 6) is 2.06. The van der Waals surface area contributed by atoms with Crippen LogP contribution in [0.15, 0.2) is 28.4 Å². The van der Waals surface area contributed by atoms with Crippen LogP contribution in [0.5, 0.6) is 0 Å². The van der Waals surface area contributed by atoms with E-state index in [2.05, 4.69) is 31.7 Å². The van der Waals surface area contributed by atoms with Crippen molar-refractivity contribution >= 4 is 17.7 Å². The number of anilines is 1. The normalized spacial score (nSPS) is 18.6. The predicted octanol–water partition coefficient (Wildman–Crippen LogP) is 2.28. The maximum absolute atomic E-state index is 12.2. The number of hydrogen-bond acceptors (Lipinski definition) is 8. The average Bonchev–Trinajstić information content (AvgIpc) is 2.79. The molecule has 30 heavy (non-hydrogen) atoms. The largest absolute Gasteiger partial charge is 0.378 e. The van der Waals surface area contributed by atoms with Crippen molar-refractivity contribution < 1.29 is 4.74 Å². The van der Waals surface area contributed by atoms with E-state index in [9.17, 15) is 4.79 Å². The molecule has 0 amide bonds. The summed E-state index contributed by atoms with van der Waals surface area (Å²) >= 11 is 1.70. The topological polar surface area (TPSA) is 87.2 Å². The van der Waals surface area contributed by atoms with Crippen LogP contribution in [0.1, 0.15) is 43.4 Å². The molecule has 0 saturated carbocycles. The maximum Gasteiger partial charge on any atom is 0.252 e. The fourth-order valence-corrected chi connectivity index (χ4v) is 4.58. The molecule has 2 aliphatic rings. The van der Waals surface area contributed by atoms with Crippen LogP contribution < -0.4 is 10.5 Å². The highest BCUT2D eigenvalue weighted by Crippen LogP contribution is 2.27. The van der Waals surface area contributed by atoms with E-state index in [1.54, 1.807) is 17.8 Å². The van der Waals surface area contributed by atoms with Crippen molar-refractivity contribution in [1.29, 1.82) is 0 Å². The molecule has 2 fully saturated rings. The molecule has 2 aliphatic heterocycles. The summed E-state index contributed by atoms with van der Waals surface area (Å²) in [6.45, 7) is 7.88. The molecule has 4 rings (SSSR count). The summed E-state index contributed by atoms with van der Waals surface area (Å²) in [5, 5.41) is 0.857. The number of thioether (sulfide) groups is 1. The Labute approximate surface area is 181 Å². The second-order valence-electron chi connectivity index (χ2n) is 7.87. The van der Waals surface area contributed by atoms with E-state index >= 15 is 0 Å². The van der Waals surface area contributed by atoms with Crippen LogP contribution in [0.25, 0.3) is 0 Å². The monoisotopic (exact) mass is 430 g/mol. The lowest BCUT2D eigenvalue weighted by Gasteiger charge is -2.32. The van der Waals surface area contributed by atoms with Crippen molar-refractivity contribution in [3.05, 3.63) is 40.1 Å². The van der Waals surface area contributed by atoms with Gasteiger partial charge in [-0.3, -0.25) is 14.7 Å². The van der Waals surface area contributed by atoms with E-state index in [0.29, 0.717) is 25.1 Å². The third-order valence-corrected chi connectivity index (χ3v) is 6.67. The van der Waals surface area contributed by atoms with Crippen molar-refractivity contribution in [3.8, 4) is 0 Å². The molecule has 2 saturated heterocycles. The number of ether oxygens (including phenoxy) is 1. The van der Waals surface area contributed by atoms with Crippen molar-refractivity contribution in [2.45, 2.75) is 43.8 Å². The first-order valence-corrected chi connectivity index (χ1v) is 11.8. The molecule has 0 aromatic carbocycles. The van der Waals surface area contributed by atoms with Gasteiger partial charge in [-0.05, 0) is 32.4 Å². The van der Waals surface area contributed by atoms with Gasteiger partial charge >= 0.3 is 0 Å². The van der Waals surface area contributed by atoms with Crippen LogP contribution in [0, 0.1) is 0 Å². The van der Waals surface area contributed by atoms with E-state index in [1.165, 1.54) is 0 Å². The molecule has 1 N–H and O–H groups in total. The van der Waals surface area contributed by atoms with Gasteiger partial charge in [-0.1, -0.05) is 18.7 Å². The number of likely N-dealkylation sites (tertiary alicyclic amines) is 1. The van der Waals surface area contributed by atoms with E-state index in [-0.39, 0.29) is 5.56 Å². The van der Waals surface area contributed by atoms with E-state index in [1.807, 2.05) is 12.4 Å². The van der Waals surface area contributed by atoms with Gasteiger partial charge in [-0.2, -0.15) is 0 Å². The minimum absolute atomic E-state index is 0.0675. The Morgan fingerprint density at radius 1 is 1.17 bits per heavy atom. The SMILES string of the molecule is CCCSc1ncc(CN2CCC(c3cc(=O)[nH]c(N4CCOCC4)n3)CC2)cn1. The van der Waals surface area contributed by atoms with Crippen molar-refractivity contribution in [2.75, 3.05) is 50.0 Å². The van der Waals surface area contributed by atoms with Gasteiger partial charge in [0, 0.05) is 55.3 Å². The summed E-state index contributed by atoms with van der Waals surface area (Å²) in [4.78, 5) is 33.4. The lowest BCUT2D eigenvalue weighted by Crippen LogP contribution is -2.39. The zero-order valence-corrected chi connectivity index (χ0v) is 18.4. The molecule has 0 spiro atoms. The second kappa shape index (κ2) is 10.4. The second-order valence-corrected chi connectivity index (χ2v) is 8.93. The predicted molar refractivity (Wildman–Crippen MR) is 118 cm³/mol. The molecular weight excluding hydrogens is 400 g/mol. The molecule has 162 valence electrons. The maximum atomic E-state index is 12.2. The Morgan fingerprint density at radius 3 is 2.60 bits per heavy atom. The highest BCUT2D eigenvalue weighted by Gasteiger charge is 2.24. The van der Waals surface area contributed by atoms with Gasteiger partial charge in [-0.15, -0.1) is 0 Å². The molecule has 4 heterocycles. The summed E-state index contributed by atoms with van der Waals surface area (Å²) < 4.78 is 5.41. The molecule has 0 radical (unpaired) electrons. The number of H-pyrrole nitrogens is 1. The molecular formula is C21H30N6O2S. The van der Waals surface area contributed by atoms with Crippen molar-refractivity contribution in [2.24, 2.45) is 0 Å². The van der Waals surface area contributed by atoms with Gasteiger partial charge < -0.3 is 9.64 Å². The van der Waals surface area contributed by atoms with Crippen molar-refractivity contribution in [3.63, 3.8) is 0 Å². The summed E-state index contributed by atoms with van der Waals surface area (Å²) in [5.41, 5.74) is 2.00. The number of aromatic nitrogens is 4. The average molecular weight is 431 g/mol. The molecule has 0 atom stereocenters. The number of aromatic amines is 1. The Morgan fingerprint density at radius 2 is 1.90 bits per heavy atom. The van der Waals surface area contributed by atoms with E-state index in [0.717, 1.165) is 74.2 Å². The zero-order valence-electron chi connectivity index (χ0n) is 17.5. The van der Waals surface area contributed by atoms with E-state index in [4.69, 9.17) is 9.72 Å². The zero-order chi connectivity index (χ0) is 20.8. The van der Waals surface area contributed by atoms with E-state index < -0.39 is 0 Å². The molecule has 0 aliphatic carbocycles. The highest BCUT2D eigenvalue weighted by molar-refractivity contribution is 7.99. The summed E-state index contributed by atoms with van der Waals surface area (Å²) in [6, 6.07) is 1.67. The van der Waals surface area contributed by atoms with Gasteiger partial charge in [0.25, 0.3) is 5.56 Å². The Kier molecular flexibility index (Phi) is 7.35. The van der Waals surface area contributed by atoms with Crippen LogP contribution in [0.3, 0.4) is 0 Å². The number of nitrogens with one attached hydrogen (secondary N) is 1. The Hall–Kier alpha value is -1.97. The van der Waals surface area contributed by atoms with Crippen molar-refractivity contribution in [1.82, 2.24) is 24.8 Å². The third-order valence-electron chi connectivity index (χ3n) is 5.59. The number of piperidine rings is 1. The molecule has 9 heteroatoms. The molecule has 0 bridgehead atoms. The number of morpholine rings is 1. The van der Waals surface area contributed by atoms with Crippen LogP contribution in [-0.2, 0) is 11.3 Å². The van der Waals surface area contributed by atoms with Gasteiger partial charge in [0.15, 0.2) is 5.16 Å².